The Morgan fingerprint density at radius 2 is 2.42 bits per heavy atom. The third kappa shape index (κ3) is 6.68. The second-order valence-corrected chi connectivity index (χ2v) is 5.19. The molecular weight excluding hydrogens is 288 g/mol. The lowest BCUT2D eigenvalue weighted by Gasteiger charge is -2.06. The van der Waals surface area contributed by atoms with Crippen molar-refractivity contribution in [3.8, 4) is 0 Å². The number of aliphatic hydroxyl groups excluding tert-OH is 1. The van der Waals surface area contributed by atoms with Crippen molar-refractivity contribution in [2.24, 2.45) is 0 Å². The third-order valence-corrected chi connectivity index (χ3v) is 3.37. The van der Waals surface area contributed by atoms with Gasteiger partial charge >= 0.3 is 5.97 Å². The highest BCUT2D eigenvalue weighted by Gasteiger charge is 2.08. The van der Waals surface area contributed by atoms with Crippen LogP contribution >= 0.6 is 22.9 Å². The molecular formula is C12H17ClN2O3S. The van der Waals surface area contributed by atoms with E-state index in [0.717, 1.165) is 11.4 Å². The van der Waals surface area contributed by atoms with Gasteiger partial charge in [-0.1, -0.05) is 12.2 Å². The number of aliphatic hydroxyl groups is 1. The van der Waals surface area contributed by atoms with E-state index in [1.807, 2.05) is 6.08 Å². The Morgan fingerprint density at radius 3 is 3.05 bits per heavy atom. The van der Waals surface area contributed by atoms with E-state index in [-0.39, 0.29) is 5.69 Å². The third-order valence-electron chi connectivity index (χ3n) is 2.30. The van der Waals surface area contributed by atoms with Crippen molar-refractivity contribution >= 4 is 28.9 Å². The number of hydrogen-bond donors (Lipinski definition) is 3. The van der Waals surface area contributed by atoms with Crippen LogP contribution < -0.4 is 5.32 Å². The van der Waals surface area contributed by atoms with Crippen molar-refractivity contribution in [1.29, 1.82) is 0 Å². The molecule has 0 unspecified atom stereocenters. The molecule has 1 aromatic heterocycles. The molecule has 0 radical (unpaired) electrons. The number of aromatic nitrogens is 1. The lowest BCUT2D eigenvalue weighted by atomic mass is 10.2. The summed E-state index contributed by atoms with van der Waals surface area (Å²) in [5.41, 5.74) is 0.0749. The second kappa shape index (κ2) is 9.03. The predicted octanol–water partition coefficient (Wildman–Crippen LogP) is 1.87. The molecule has 0 aliphatic heterocycles. The van der Waals surface area contributed by atoms with Crippen molar-refractivity contribution in [2.75, 3.05) is 12.4 Å². The van der Waals surface area contributed by atoms with Crippen molar-refractivity contribution in [2.45, 2.75) is 25.5 Å². The molecule has 0 saturated carbocycles. The molecule has 106 valence electrons. The molecule has 5 nitrogen and oxygen atoms in total. The largest absolute Gasteiger partial charge is 0.476 e. The molecule has 1 rings (SSSR count). The Bertz CT molecular complexity index is 423. The Morgan fingerprint density at radius 1 is 1.63 bits per heavy atom. The number of carboxylic acids is 1. The monoisotopic (exact) mass is 304 g/mol. The molecule has 0 aliphatic carbocycles. The van der Waals surface area contributed by atoms with Gasteiger partial charge in [0.1, 0.15) is 5.01 Å². The molecule has 0 aliphatic rings. The van der Waals surface area contributed by atoms with E-state index in [2.05, 4.69) is 10.3 Å². The minimum Gasteiger partial charge on any atom is -0.476 e. The van der Waals surface area contributed by atoms with Crippen LogP contribution in [0.2, 0.25) is 0 Å². The van der Waals surface area contributed by atoms with Gasteiger partial charge in [-0.3, -0.25) is 0 Å². The maximum absolute atomic E-state index is 10.6. The van der Waals surface area contributed by atoms with Crippen LogP contribution in [0.25, 0.3) is 0 Å². The van der Waals surface area contributed by atoms with E-state index in [4.69, 9.17) is 16.7 Å². The average molecular weight is 305 g/mol. The highest BCUT2D eigenvalue weighted by Crippen LogP contribution is 2.09. The first kappa shape index (κ1) is 16.1. The van der Waals surface area contributed by atoms with Crippen LogP contribution in [-0.2, 0) is 6.54 Å². The molecule has 0 spiro atoms. The summed E-state index contributed by atoms with van der Waals surface area (Å²) in [5, 5.41) is 23.7. The fourth-order valence-corrected chi connectivity index (χ4v) is 2.21. The van der Waals surface area contributed by atoms with Crippen molar-refractivity contribution in [3.63, 3.8) is 0 Å². The number of rotatable bonds is 9. The summed E-state index contributed by atoms with van der Waals surface area (Å²) in [7, 11) is 0. The van der Waals surface area contributed by atoms with E-state index >= 15 is 0 Å². The highest BCUT2D eigenvalue weighted by atomic mass is 35.5. The lowest BCUT2D eigenvalue weighted by molar-refractivity contribution is 0.0691. The van der Waals surface area contributed by atoms with Gasteiger partial charge in [0.15, 0.2) is 5.69 Å². The summed E-state index contributed by atoms with van der Waals surface area (Å²) in [4.78, 5) is 14.6. The van der Waals surface area contributed by atoms with Gasteiger partial charge in [0, 0.05) is 17.8 Å². The maximum Gasteiger partial charge on any atom is 0.355 e. The van der Waals surface area contributed by atoms with Gasteiger partial charge in [0.05, 0.1) is 6.10 Å². The van der Waals surface area contributed by atoms with E-state index in [9.17, 15) is 9.90 Å². The van der Waals surface area contributed by atoms with Crippen LogP contribution in [0.15, 0.2) is 17.5 Å². The maximum atomic E-state index is 10.6. The zero-order valence-electron chi connectivity index (χ0n) is 10.4. The Labute approximate surface area is 120 Å². The van der Waals surface area contributed by atoms with Crippen molar-refractivity contribution in [1.82, 2.24) is 10.3 Å². The molecule has 0 amide bonds. The first-order chi connectivity index (χ1) is 9.13. The minimum absolute atomic E-state index is 0.0749. The Hall–Kier alpha value is -0.950. The number of thiazole rings is 1. The van der Waals surface area contributed by atoms with Gasteiger partial charge in [-0.2, -0.15) is 0 Å². The number of nitrogens with zero attached hydrogens (tertiary/aromatic N) is 1. The number of allylic oxidation sites excluding steroid dienone is 1. The number of nitrogens with one attached hydrogen (secondary N) is 1. The first-order valence-electron chi connectivity index (χ1n) is 5.92. The summed E-state index contributed by atoms with van der Waals surface area (Å²) < 4.78 is 0. The molecule has 0 saturated heterocycles. The van der Waals surface area contributed by atoms with E-state index < -0.39 is 12.1 Å². The molecule has 0 bridgehead atoms. The summed E-state index contributed by atoms with van der Waals surface area (Å²) in [6.45, 7) is 1.14. The summed E-state index contributed by atoms with van der Waals surface area (Å²) in [6, 6.07) is 0. The van der Waals surface area contributed by atoms with Gasteiger partial charge in [0.25, 0.3) is 0 Å². The Balaban J connectivity index is 2.17. The van der Waals surface area contributed by atoms with Crippen molar-refractivity contribution in [3.05, 3.63) is 28.2 Å². The predicted molar refractivity (Wildman–Crippen MR) is 75.9 cm³/mol. The number of alkyl halides is 1. The van der Waals surface area contributed by atoms with Crippen molar-refractivity contribution < 1.29 is 15.0 Å². The average Bonchev–Trinajstić information content (AvgIpc) is 2.84. The topological polar surface area (TPSA) is 82.5 Å². The standard InChI is InChI=1S/C12H17ClN2O3S/c13-5-2-1-3-9(16)4-6-14-7-11-15-10(8-19-11)12(17)18/h1,3,8-9,14,16H,2,4-7H2,(H,17,18)/b3-1+/t9-/m1/s1. The lowest BCUT2D eigenvalue weighted by Crippen LogP contribution is -2.19. The second-order valence-electron chi connectivity index (χ2n) is 3.87. The van der Waals surface area contributed by atoms with E-state index in [1.165, 1.54) is 16.7 Å². The molecule has 0 fully saturated rings. The Kier molecular flexibility index (Phi) is 7.66. The number of hydrogen-bond acceptors (Lipinski definition) is 5. The number of halogens is 1. The van der Waals surface area contributed by atoms with E-state index in [1.54, 1.807) is 6.08 Å². The summed E-state index contributed by atoms with van der Waals surface area (Å²) in [6.07, 6.45) is 4.45. The molecule has 1 aromatic rings. The molecule has 7 heteroatoms. The van der Waals surface area contributed by atoms with Crippen LogP contribution in [0, 0.1) is 0 Å². The first-order valence-corrected chi connectivity index (χ1v) is 7.34. The molecule has 1 heterocycles. The van der Waals surface area contributed by atoms with Crippen LogP contribution in [0.1, 0.15) is 28.3 Å². The molecule has 0 aromatic carbocycles. The van der Waals surface area contributed by atoms with E-state index in [0.29, 0.717) is 25.4 Å². The van der Waals surface area contributed by atoms with Gasteiger partial charge in [-0.25, -0.2) is 9.78 Å². The molecule has 1 atom stereocenters. The van der Waals surface area contributed by atoms with Gasteiger partial charge in [-0.05, 0) is 19.4 Å². The highest BCUT2D eigenvalue weighted by molar-refractivity contribution is 7.09. The summed E-state index contributed by atoms with van der Waals surface area (Å²) >= 11 is 6.82. The smallest absolute Gasteiger partial charge is 0.355 e. The van der Waals surface area contributed by atoms with Gasteiger partial charge in [0.2, 0.25) is 0 Å². The van der Waals surface area contributed by atoms with Crippen LogP contribution in [0.4, 0.5) is 0 Å². The van der Waals surface area contributed by atoms with Crippen LogP contribution in [0.3, 0.4) is 0 Å². The number of carboxylic acid groups (broad SMARTS) is 1. The van der Waals surface area contributed by atoms with Crippen LogP contribution in [-0.4, -0.2) is 39.7 Å². The zero-order valence-corrected chi connectivity index (χ0v) is 12.0. The molecule has 19 heavy (non-hydrogen) atoms. The quantitative estimate of drug-likeness (QED) is 0.368. The fourth-order valence-electron chi connectivity index (χ4n) is 1.35. The number of carbonyl (C=O) groups is 1. The fraction of sp³-hybridized carbons (Fsp3) is 0.500. The normalized spacial score (nSPS) is 12.9. The van der Waals surface area contributed by atoms with Gasteiger partial charge < -0.3 is 15.5 Å². The van der Waals surface area contributed by atoms with Gasteiger partial charge in [-0.15, -0.1) is 22.9 Å². The SMILES string of the molecule is O=C(O)c1csc(CNCC[C@H](O)/C=C/CCCl)n1. The minimum atomic E-state index is -1.01. The van der Waals surface area contributed by atoms with Crippen LogP contribution in [0.5, 0.6) is 0 Å². The number of aromatic carboxylic acids is 1. The summed E-state index contributed by atoms with van der Waals surface area (Å²) in [5.74, 6) is -0.459. The zero-order chi connectivity index (χ0) is 14.1. The molecule has 3 N–H and O–H groups in total.